The standard InChI is InChI=1S/C24H32F3NO3S/c1-16(2)9-11-21-15-28(14-18(21)4)23(29)17(3)13-22(32(7,8)30)12-10-19(5)31-20(6)24(25,26)27/h9-13,20H,4,7,14-15H2,1-3,5-6,8H3/b17-13+,19-10+,21-11-,22-12+. The van der Waals surface area contributed by atoms with Crippen LogP contribution in [0.5, 0.6) is 0 Å². The van der Waals surface area contributed by atoms with Gasteiger partial charge < -0.3 is 9.64 Å². The van der Waals surface area contributed by atoms with Gasteiger partial charge in [-0.15, -0.1) is 0 Å². The van der Waals surface area contributed by atoms with Crippen molar-refractivity contribution < 1.29 is 26.9 Å². The van der Waals surface area contributed by atoms with E-state index < -0.39 is 21.8 Å². The molecular weight excluding hydrogens is 439 g/mol. The molecule has 1 saturated heterocycles. The minimum atomic E-state index is -4.49. The van der Waals surface area contributed by atoms with Crippen molar-refractivity contribution in [1.82, 2.24) is 4.90 Å². The van der Waals surface area contributed by atoms with Gasteiger partial charge in [-0.3, -0.25) is 9.00 Å². The van der Waals surface area contributed by atoms with Crippen LogP contribution in [0.3, 0.4) is 0 Å². The van der Waals surface area contributed by atoms with Crippen molar-refractivity contribution >= 4 is 21.3 Å². The summed E-state index contributed by atoms with van der Waals surface area (Å²) in [5, 5.41) is 0. The van der Waals surface area contributed by atoms with Gasteiger partial charge in [0, 0.05) is 29.8 Å². The highest BCUT2D eigenvalue weighted by Gasteiger charge is 2.37. The fraction of sp³-hybridized carbons (Fsp3) is 0.417. The molecular formula is C24H32F3NO3S. The van der Waals surface area contributed by atoms with Gasteiger partial charge in [0.2, 0.25) is 5.91 Å². The topological polar surface area (TPSA) is 46.6 Å². The monoisotopic (exact) mass is 471 g/mol. The number of alkyl halides is 3. The molecule has 0 spiro atoms. The number of ether oxygens (including phenoxy) is 1. The number of rotatable bonds is 7. The van der Waals surface area contributed by atoms with Gasteiger partial charge in [0.1, 0.15) is 0 Å². The van der Waals surface area contributed by atoms with E-state index in [1.807, 2.05) is 26.0 Å². The Morgan fingerprint density at radius 2 is 1.75 bits per heavy atom. The van der Waals surface area contributed by atoms with Crippen LogP contribution >= 0.6 is 0 Å². The average Bonchev–Trinajstić information content (AvgIpc) is 3.01. The van der Waals surface area contributed by atoms with Crippen molar-refractivity contribution in [3.8, 4) is 0 Å². The van der Waals surface area contributed by atoms with Gasteiger partial charge in [-0.1, -0.05) is 24.3 Å². The van der Waals surface area contributed by atoms with E-state index in [1.165, 1.54) is 31.4 Å². The summed E-state index contributed by atoms with van der Waals surface area (Å²) < 4.78 is 55.4. The van der Waals surface area contributed by atoms with Crippen molar-refractivity contribution in [3.63, 3.8) is 0 Å². The van der Waals surface area contributed by atoms with E-state index >= 15 is 0 Å². The molecule has 2 atom stereocenters. The Kier molecular flexibility index (Phi) is 9.38. The van der Waals surface area contributed by atoms with Crippen LogP contribution in [0.4, 0.5) is 13.2 Å². The fourth-order valence-corrected chi connectivity index (χ4v) is 3.49. The third-order valence-corrected chi connectivity index (χ3v) is 5.85. The first-order valence-electron chi connectivity index (χ1n) is 9.96. The molecule has 1 heterocycles. The number of allylic oxidation sites excluding steroid dienone is 7. The van der Waals surface area contributed by atoms with E-state index in [0.717, 1.165) is 23.6 Å². The molecule has 0 saturated carbocycles. The zero-order chi connectivity index (χ0) is 24.9. The molecule has 0 aromatic heterocycles. The lowest BCUT2D eigenvalue weighted by molar-refractivity contribution is -0.203. The number of hydrogen-bond donors (Lipinski definition) is 0. The van der Waals surface area contributed by atoms with Gasteiger partial charge in [0.25, 0.3) is 0 Å². The number of likely N-dealkylation sites (tertiary alicyclic amines) is 1. The van der Waals surface area contributed by atoms with Crippen LogP contribution in [0.15, 0.2) is 69.9 Å². The number of halogens is 3. The number of amides is 1. The summed E-state index contributed by atoms with van der Waals surface area (Å²) in [5.41, 5.74) is 3.28. The van der Waals surface area contributed by atoms with Crippen LogP contribution in [-0.2, 0) is 19.1 Å². The molecule has 1 amide bonds. The maximum atomic E-state index is 12.9. The van der Waals surface area contributed by atoms with Gasteiger partial charge in [-0.05, 0) is 79.4 Å². The molecule has 32 heavy (non-hydrogen) atoms. The first-order chi connectivity index (χ1) is 14.5. The van der Waals surface area contributed by atoms with Crippen molar-refractivity contribution in [1.29, 1.82) is 0 Å². The van der Waals surface area contributed by atoms with E-state index in [0.29, 0.717) is 18.7 Å². The molecule has 178 valence electrons. The fourth-order valence-electron chi connectivity index (χ4n) is 2.71. The zero-order valence-corrected chi connectivity index (χ0v) is 20.3. The molecule has 0 aromatic carbocycles. The number of carbonyl (C=O) groups excluding carboxylic acids is 1. The van der Waals surface area contributed by atoms with Crippen LogP contribution in [0, 0.1) is 0 Å². The zero-order valence-electron chi connectivity index (χ0n) is 19.5. The van der Waals surface area contributed by atoms with Crippen molar-refractivity contribution in [2.75, 3.05) is 19.3 Å². The summed E-state index contributed by atoms with van der Waals surface area (Å²) in [6.45, 7) is 12.6. The first kappa shape index (κ1) is 27.6. The summed E-state index contributed by atoms with van der Waals surface area (Å²) in [7, 11) is -2.75. The van der Waals surface area contributed by atoms with Crippen LogP contribution in [0.25, 0.3) is 0 Å². The molecule has 0 radical (unpaired) electrons. The minimum absolute atomic E-state index is 0.00162. The van der Waals surface area contributed by atoms with E-state index in [-0.39, 0.29) is 16.6 Å². The Balaban J connectivity index is 3.12. The SMILES string of the molecule is C=C1CN(C(=O)/C(C)=C/C(=C\C=C(/C)OC(C)C(F)(F)F)S(=C)(C)=O)C/C1=C/C=C(C)C. The van der Waals surface area contributed by atoms with Crippen LogP contribution < -0.4 is 0 Å². The Morgan fingerprint density at radius 3 is 2.25 bits per heavy atom. The van der Waals surface area contributed by atoms with Crippen molar-refractivity contribution in [3.05, 3.63) is 69.9 Å². The quantitative estimate of drug-likeness (QED) is 0.218. The average molecular weight is 472 g/mol. The molecule has 1 aliphatic heterocycles. The third-order valence-electron chi connectivity index (χ3n) is 4.60. The molecule has 0 aliphatic carbocycles. The van der Waals surface area contributed by atoms with Crippen molar-refractivity contribution in [2.24, 2.45) is 0 Å². The highest BCUT2D eigenvalue weighted by atomic mass is 32.2. The number of carbonyl (C=O) groups is 1. The number of hydrogen-bond acceptors (Lipinski definition) is 3. The summed E-state index contributed by atoms with van der Waals surface area (Å²) in [4.78, 5) is 14.8. The molecule has 2 unspecified atom stereocenters. The lowest BCUT2D eigenvalue weighted by Crippen LogP contribution is -2.28. The Bertz CT molecular complexity index is 1010. The second-order valence-corrected chi connectivity index (χ2v) is 10.7. The smallest absolute Gasteiger partial charge is 0.425 e. The van der Waals surface area contributed by atoms with Gasteiger partial charge in [0.15, 0.2) is 6.10 Å². The largest absolute Gasteiger partial charge is 0.486 e. The van der Waals surface area contributed by atoms with E-state index in [4.69, 9.17) is 4.74 Å². The molecule has 0 N–H and O–H groups in total. The number of nitrogens with zero attached hydrogens (tertiary/aromatic N) is 1. The predicted octanol–water partition coefficient (Wildman–Crippen LogP) is 5.33. The van der Waals surface area contributed by atoms with E-state index in [9.17, 15) is 22.2 Å². The highest BCUT2D eigenvalue weighted by molar-refractivity contribution is 8.03. The molecule has 8 heteroatoms. The maximum Gasteiger partial charge on any atom is 0.425 e. The van der Waals surface area contributed by atoms with Crippen LogP contribution in [0.2, 0.25) is 0 Å². The molecule has 1 fully saturated rings. The summed E-state index contributed by atoms with van der Waals surface area (Å²) in [6, 6.07) is 0. The summed E-state index contributed by atoms with van der Waals surface area (Å²) >= 11 is 0. The van der Waals surface area contributed by atoms with Crippen molar-refractivity contribution in [2.45, 2.75) is 46.9 Å². The molecule has 1 rings (SSSR count). The van der Waals surface area contributed by atoms with E-state index in [1.54, 1.807) is 11.8 Å². The molecule has 1 aliphatic rings. The lowest BCUT2D eigenvalue weighted by Gasteiger charge is -2.17. The summed E-state index contributed by atoms with van der Waals surface area (Å²) in [6.07, 6.45) is 2.95. The van der Waals surface area contributed by atoms with Gasteiger partial charge in [-0.2, -0.15) is 13.2 Å². The highest BCUT2D eigenvalue weighted by Crippen LogP contribution is 2.25. The van der Waals surface area contributed by atoms with Gasteiger partial charge >= 0.3 is 6.18 Å². The molecule has 0 bridgehead atoms. The third kappa shape index (κ3) is 8.57. The second-order valence-electron chi connectivity index (χ2n) is 8.18. The molecule has 4 nitrogen and oxygen atoms in total. The van der Waals surface area contributed by atoms with Crippen LogP contribution in [0.1, 0.15) is 34.6 Å². The Labute approximate surface area is 189 Å². The minimum Gasteiger partial charge on any atom is -0.486 e. The van der Waals surface area contributed by atoms with Crippen LogP contribution in [-0.4, -0.2) is 52.5 Å². The molecule has 0 aromatic rings. The normalized spacial score (nSPS) is 20.3. The maximum absolute atomic E-state index is 12.9. The van der Waals surface area contributed by atoms with Gasteiger partial charge in [-0.25, -0.2) is 0 Å². The Hall–Kier alpha value is -2.48. The first-order valence-corrected chi connectivity index (χ1v) is 12.1. The lowest BCUT2D eigenvalue weighted by atomic mass is 10.1. The predicted molar refractivity (Wildman–Crippen MR) is 127 cm³/mol. The summed E-state index contributed by atoms with van der Waals surface area (Å²) in [5.74, 6) is 3.39. The Morgan fingerprint density at radius 1 is 1.16 bits per heavy atom. The van der Waals surface area contributed by atoms with E-state index in [2.05, 4.69) is 12.4 Å². The second kappa shape index (κ2) is 10.9. The van der Waals surface area contributed by atoms with Gasteiger partial charge in [0.05, 0.1) is 5.76 Å².